The quantitative estimate of drug-likeness (QED) is 0.392. The van der Waals surface area contributed by atoms with Crippen LogP contribution in [-0.4, -0.2) is 26.8 Å². The van der Waals surface area contributed by atoms with Gasteiger partial charge in [0.05, 0.1) is 5.69 Å². The summed E-state index contributed by atoms with van der Waals surface area (Å²) in [6.45, 7) is 10.1. The summed E-state index contributed by atoms with van der Waals surface area (Å²) in [6.07, 6.45) is -0.477. The molecule has 0 aliphatic carbocycles. The number of benzene rings is 2. The van der Waals surface area contributed by atoms with Gasteiger partial charge in [0.15, 0.2) is 5.69 Å². The Morgan fingerprint density at radius 3 is 2.67 bits per heavy atom. The lowest BCUT2D eigenvalue weighted by Gasteiger charge is -2.32. The number of aryl methyl sites for hydroxylation is 2. The van der Waals surface area contributed by atoms with Gasteiger partial charge in [0.25, 0.3) is 0 Å². The second-order valence-electron chi connectivity index (χ2n) is 8.54. The molecule has 0 saturated carbocycles. The molecule has 0 N–H and O–H groups in total. The van der Waals surface area contributed by atoms with Gasteiger partial charge >= 0.3 is 0 Å². The highest BCUT2D eigenvalue weighted by Crippen LogP contribution is 2.46. The van der Waals surface area contributed by atoms with E-state index in [1.807, 2.05) is 45.0 Å². The number of halogens is 1. The van der Waals surface area contributed by atoms with Crippen molar-refractivity contribution in [1.29, 1.82) is 0 Å². The molecule has 33 heavy (non-hydrogen) atoms. The molecule has 1 unspecified atom stereocenters. The number of amides is 1. The molecule has 1 aromatic heterocycles. The lowest BCUT2D eigenvalue weighted by atomic mass is 10.00. The zero-order chi connectivity index (χ0) is 23.7. The third kappa shape index (κ3) is 4.70. The lowest BCUT2D eigenvalue weighted by Crippen LogP contribution is -2.38. The molecular formula is C25H27ClN4O2S. The van der Waals surface area contributed by atoms with Crippen molar-refractivity contribution in [3.63, 3.8) is 0 Å². The van der Waals surface area contributed by atoms with Gasteiger partial charge in [-0.15, -0.1) is 10.2 Å². The number of hydrogen-bond acceptors (Lipinski definition) is 6. The molecule has 0 saturated heterocycles. The van der Waals surface area contributed by atoms with Crippen LogP contribution in [0.5, 0.6) is 5.88 Å². The SMILES string of the molecule is CCC(=O)N1c2c(C)cc(C)cc2-c2nnc(SCC(C)C)nc2OC1c1ccccc1Cl. The van der Waals surface area contributed by atoms with Crippen molar-refractivity contribution in [2.24, 2.45) is 5.92 Å². The summed E-state index contributed by atoms with van der Waals surface area (Å²) >= 11 is 8.12. The van der Waals surface area contributed by atoms with Crippen LogP contribution in [0.3, 0.4) is 0 Å². The summed E-state index contributed by atoms with van der Waals surface area (Å²) in [5.41, 5.74) is 4.73. The first-order valence-electron chi connectivity index (χ1n) is 11.0. The topological polar surface area (TPSA) is 68.2 Å². The molecule has 0 bridgehead atoms. The number of anilines is 1. The van der Waals surface area contributed by atoms with E-state index in [9.17, 15) is 4.79 Å². The first-order chi connectivity index (χ1) is 15.8. The number of nitrogens with zero attached hydrogens (tertiary/aromatic N) is 4. The lowest BCUT2D eigenvalue weighted by molar-refractivity contribution is -0.120. The molecule has 1 aliphatic heterocycles. The van der Waals surface area contributed by atoms with Gasteiger partial charge in [-0.25, -0.2) is 0 Å². The number of thioether (sulfide) groups is 1. The summed E-state index contributed by atoms with van der Waals surface area (Å²) in [6, 6.07) is 11.5. The van der Waals surface area contributed by atoms with Gasteiger partial charge in [-0.2, -0.15) is 4.98 Å². The first-order valence-corrected chi connectivity index (χ1v) is 12.4. The minimum atomic E-state index is -0.785. The van der Waals surface area contributed by atoms with Gasteiger partial charge < -0.3 is 4.74 Å². The van der Waals surface area contributed by atoms with Crippen LogP contribution in [-0.2, 0) is 4.79 Å². The van der Waals surface area contributed by atoms with Crippen LogP contribution in [0.25, 0.3) is 11.3 Å². The maximum atomic E-state index is 13.4. The molecule has 1 amide bonds. The van der Waals surface area contributed by atoms with Crippen LogP contribution < -0.4 is 9.64 Å². The predicted molar refractivity (Wildman–Crippen MR) is 133 cm³/mol. The molecule has 8 heteroatoms. The molecule has 1 aliphatic rings. The molecule has 1 atom stereocenters. The highest BCUT2D eigenvalue weighted by Gasteiger charge is 2.37. The Balaban J connectivity index is 1.98. The Morgan fingerprint density at radius 2 is 1.97 bits per heavy atom. The Hall–Kier alpha value is -2.64. The first kappa shape index (κ1) is 23.5. The summed E-state index contributed by atoms with van der Waals surface area (Å²) in [4.78, 5) is 19.8. The molecule has 0 fully saturated rings. The number of ether oxygens (including phenoxy) is 1. The fourth-order valence-corrected chi connectivity index (χ4v) is 4.85. The zero-order valence-electron chi connectivity index (χ0n) is 19.4. The molecule has 172 valence electrons. The van der Waals surface area contributed by atoms with Crippen LogP contribution in [0, 0.1) is 19.8 Å². The molecule has 0 spiro atoms. The number of rotatable bonds is 5. The van der Waals surface area contributed by atoms with Crippen LogP contribution >= 0.6 is 23.4 Å². The smallest absolute Gasteiger partial charge is 0.247 e. The zero-order valence-corrected chi connectivity index (χ0v) is 21.0. The second-order valence-corrected chi connectivity index (χ2v) is 9.93. The number of carbonyl (C=O) groups excluding carboxylic acids is 1. The fraction of sp³-hybridized carbons (Fsp3) is 0.360. The second kappa shape index (κ2) is 9.69. The highest BCUT2D eigenvalue weighted by molar-refractivity contribution is 7.99. The number of aromatic nitrogens is 3. The van der Waals surface area contributed by atoms with Crippen molar-refractivity contribution in [1.82, 2.24) is 15.2 Å². The standard InChI is InChI=1S/C25H27ClN4O2S/c1-6-20(31)30-22-16(5)11-15(4)12-18(22)21-23(27-25(29-28-21)33-13-14(2)3)32-24(30)17-9-7-8-10-19(17)26/h7-12,14,24H,6,13H2,1-5H3. The van der Waals surface area contributed by atoms with Crippen LogP contribution in [0.15, 0.2) is 41.6 Å². The van der Waals surface area contributed by atoms with Gasteiger partial charge in [0.2, 0.25) is 23.2 Å². The van der Waals surface area contributed by atoms with Gasteiger partial charge in [-0.05, 0) is 37.5 Å². The maximum Gasteiger partial charge on any atom is 0.247 e. The molecule has 0 radical (unpaired) electrons. The van der Waals surface area contributed by atoms with Gasteiger partial charge in [-0.3, -0.25) is 9.69 Å². The maximum absolute atomic E-state index is 13.4. The third-order valence-corrected chi connectivity index (χ3v) is 6.93. The van der Waals surface area contributed by atoms with E-state index in [1.54, 1.807) is 11.0 Å². The van der Waals surface area contributed by atoms with Gasteiger partial charge in [0, 0.05) is 28.3 Å². The Kier molecular flexibility index (Phi) is 6.91. The average molecular weight is 483 g/mol. The molecule has 4 rings (SSSR count). The van der Waals surface area contributed by atoms with E-state index in [-0.39, 0.29) is 5.91 Å². The van der Waals surface area contributed by atoms with Crippen molar-refractivity contribution in [2.75, 3.05) is 10.7 Å². The molecule has 6 nitrogen and oxygen atoms in total. The predicted octanol–water partition coefficient (Wildman–Crippen LogP) is 6.39. The van der Waals surface area contributed by atoms with Crippen molar-refractivity contribution in [3.05, 3.63) is 58.1 Å². The van der Waals surface area contributed by atoms with E-state index in [2.05, 4.69) is 30.1 Å². The van der Waals surface area contributed by atoms with Crippen molar-refractivity contribution < 1.29 is 9.53 Å². The summed E-state index contributed by atoms with van der Waals surface area (Å²) in [5.74, 6) is 1.61. The van der Waals surface area contributed by atoms with Crippen molar-refractivity contribution in [2.45, 2.75) is 52.4 Å². The molecule has 3 aromatic rings. The molecule has 2 aromatic carbocycles. The van der Waals surface area contributed by atoms with E-state index in [1.165, 1.54) is 11.8 Å². The minimum absolute atomic E-state index is 0.0803. The summed E-state index contributed by atoms with van der Waals surface area (Å²) in [5, 5.41) is 9.94. The largest absolute Gasteiger partial charge is 0.447 e. The van der Waals surface area contributed by atoms with Gasteiger partial charge in [0.1, 0.15) is 0 Å². The van der Waals surface area contributed by atoms with Crippen LogP contribution in [0.1, 0.15) is 50.1 Å². The fourth-order valence-electron chi connectivity index (χ4n) is 3.89. The number of fused-ring (bicyclic) bond motifs is 3. The van der Waals surface area contributed by atoms with E-state index in [0.29, 0.717) is 39.7 Å². The molecular weight excluding hydrogens is 456 g/mol. The van der Waals surface area contributed by atoms with Gasteiger partial charge in [-0.1, -0.05) is 74.0 Å². The summed E-state index contributed by atoms with van der Waals surface area (Å²) < 4.78 is 6.48. The van der Waals surface area contributed by atoms with E-state index < -0.39 is 6.23 Å². The Bertz CT molecular complexity index is 1200. The highest BCUT2D eigenvalue weighted by atomic mass is 35.5. The Morgan fingerprint density at radius 1 is 1.21 bits per heavy atom. The number of carbonyl (C=O) groups is 1. The third-order valence-electron chi connectivity index (χ3n) is 5.32. The normalized spacial score (nSPS) is 15.0. The van der Waals surface area contributed by atoms with Crippen molar-refractivity contribution >= 4 is 35.0 Å². The molecule has 2 heterocycles. The average Bonchev–Trinajstić information content (AvgIpc) is 2.92. The van der Waals surface area contributed by atoms with E-state index >= 15 is 0 Å². The van der Waals surface area contributed by atoms with E-state index in [4.69, 9.17) is 21.3 Å². The monoisotopic (exact) mass is 482 g/mol. The minimum Gasteiger partial charge on any atom is -0.447 e. The summed E-state index contributed by atoms with van der Waals surface area (Å²) in [7, 11) is 0. The van der Waals surface area contributed by atoms with Crippen LogP contribution in [0.4, 0.5) is 5.69 Å². The van der Waals surface area contributed by atoms with E-state index in [0.717, 1.165) is 28.1 Å². The van der Waals surface area contributed by atoms with Crippen molar-refractivity contribution in [3.8, 4) is 17.1 Å². The number of hydrogen-bond donors (Lipinski definition) is 0. The van der Waals surface area contributed by atoms with Crippen LogP contribution in [0.2, 0.25) is 5.02 Å². The Labute approximate surface area is 203 Å².